The largest absolute Gasteiger partial charge is 0.497 e. The summed E-state index contributed by atoms with van der Waals surface area (Å²) >= 11 is 0. The van der Waals surface area contributed by atoms with Crippen molar-refractivity contribution in [2.75, 3.05) is 58.0 Å². The Kier molecular flexibility index (Phi) is 9.29. The number of methoxy groups -OCH3 is 1. The molecule has 9 heteroatoms. The zero-order valence-corrected chi connectivity index (χ0v) is 22.0. The number of hydrogen-bond donors (Lipinski definition) is 3. The van der Waals surface area contributed by atoms with E-state index in [1.54, 1.807) is 13.3 Å². The lowest BCUT2D eigenvalue weighted by atomic mass is 10.1. The van der Waals surface area contributed by atoms with E-state index in [4.69, 9.17) is 9.72 Å². The van der Waals surface area contributed by atoms with Gasteiger partial charge in [0.2, 0.25) is 12.4 Å². The molecule has 1 saturated heterocycles. The van der Waals surface area contributed by atoms with Crippen molar-refractivity contribution in [1.29, 1.82) is 0 Å². The highest BCUT2D eigenvalue weighted by atomic mass is 16.5. The fourth-order valence-electron chi connectivity index (χ4n) is 4.66. The summed E-state index contributed by atoms with van der Waals surface area (Å²) in [6, 6.07) is 14.4. The Balaban J connectivity index is 1.52. The third-order valence-corrected chi connectivity index (χ3v) is 6.55. The van der Waals surface area contributed by atoms with E-state index >= 15 is 0 Å². The number of aromatic nitrogens is 2. The van der Waals surface area contributed by atoms with Gasteiger partial charge in [-0.2, -0.15) is 0 Å². The lowest BCUT2D eigenvalue weighted by molar-refractivity contribution is -0.109. The van der Waals surface area contributed by atoms with Crippen LogP contribution in [-0.2, 0) is 17.9 Å². The van der Waals surface area contributed by atoms with E-state index in [1.807, 2.05) is 26.2 Å². The molecule has 0 radical (unpaired) electrons. The number of anilines is 3. The molecule has 0 spiro atoms. The van der Waals surface area contributed by atoms with Crippen molar-refractivity contribution in [3.8, 4) is 17.0 Å². The van der Waals surface area contributed by atoms with Crippen LogP contribution in [0.4, 0.5) is 17.3 Å². The molecular formula is C28H37N7O2. The van der Waals surface area contributed by atoms with E-state index in [1.165, 1.54) is 18.4 Å². The summed E-state index contributed by atoms with van der Waals surface area (Å²) in [5.41, 5.74) is 6.18. The molecule has 1 aliphatic rings. The summed E-state index contributed by atoms with van der Waals surface area (Å²) < 4.78 is 5.56. The second-order valence-corrected chi connectivity index (χ2v) is 9.38. The van der Waals surface area contributed by atoms with Gasteiger partial charge in [0, 0.05) is 62.4 Å². The quantitative estimate of drug-likeness (QED) is 0.240. The minimum atomic E-state index is 0.536. The van der Waals surface area contributed by atoms with E-state index in [9.17, 15) is 4.79 Å². The fourth-order valence-corrected chi connectivity index (χ4v) is 4.66. The Bertz CT molecular complexity index is 1180. The number of benzene rings is 2. The van der Waals surface area contributed by atoms with E-state index in [2.05, 4.69) is 61.1 Å². The summed E-state index contributed by atoms with van der Waals surface area (Å²) in [5.74, 6) is 1.35. The Hall–Kier alpha value is -3.69. The summed E-state index contributed by atoms with van der Waals surface area (Å²) in [6.45, 7) is 5.31. The van der Waals surface area contributed by atoms with Gasteiger partial charge >= 0.3 is 0 Å². The number of carbonyl (C=O) groups excluding carboxylic acids is 1. The maximum absolute atomic E-state index is 10.5. The topological polar surface area (TPSA) is 94.7 Å². The molecule has 0 aliphatic carbocycles. The molecular weight excluding hydrogens is 466 g/mol. The molecule has 1 aromatic heterocycles. The van der Waals surface area contributed by atoms with E-state index in [-0.39, 0.29) is 0 Å². The Labute approximate surface area is 219 Å². The Morgan fingerprint density at radius 3 is 2.73 bits per heavy atom. The summed E-state index contributed by atoms with van der Waals surface area (Å²) in [4.78, 5) is 24.5. The first-order chi connectivity index (χ1) is 18.1. The Morgan fingerprint density at radius 1 is 1.14 bits per heavy atom. The number of carbonyl (C=O) groups is 1. The average molecular weight is 504 g/mol. The maximum atomic E-state index is 10.5. The van der Waals surface area contributed by atoms with Crippen LogP contribution in [0.1, 0.15) is 24.0 Å². The van der Waals surface area contributed by atoms with Gasteiger partial charge in [-0.25, -0.2) is 9.97 Å². The van der Waals surface area contributed by atoms with Gasteiger partial charge < -0.3 is 25.6 Å². The molecule has 0 saturated carbocycles. The second-order valence-electron chi connectivity index (χ2n) is 9.38. The zero-order valence-electron chi connectivity index (χ0n) is 22.0. The number of amides is 1. The number of rotatable bonds is 13. The van der Waals surface area contributed by atoms with Crippen molar-refractivity contribution in [3.63, 3.8) is 0 Å². The molecule has 1 aliphatic heterocycles. The van der Waals surface area contributed by atoms with Gasteiger partial charge in [-0.3, -0.25) is 9.69 Å². The first-order valence-electron chi connectivity index (χ1n) is 12.7. The minimum Gasteiger partial charge on any atom is -0.497 e. The van der Waals surface area contributed by atoms with Crippen molar-refractivity contribution in [1.82, 2.24) is 25.1 Å². The molecule has 0 bridgehead atoms. The van der Waals surface area contributed by atoms with E-state index < -0.39 is 0 Å². The van der Waals surface area contributed by atoms with Crippen LogP contribution in [0.2, 0.25) is 0 Å². The fraction of sp³-hybridized carbons (Fsp3) is 0.393. The highest BCUT2D eigenvalue weighted by Crippen LogP contribution is 2.28. The normalized spacial score (nSPS) is 13.5. The first-order valence-corrected chi connectivity index (χ1v) is 12.7. The number of hydrogen-bond acceptors (Lipinski definition) is 8. The summed E-state index contributed by atoms with van der Waals surface area (Å²) in [5, 5.41) is 9.36. The highest BCUT2D eigenvalue weighted by molar-refractivity contribution is 5.67. The summed E-state index contributed by atoms with van der Waals surface area (Å²) in [6.07, 6.45) is 5.04. The van der Waals surface area contributed by atoms with Crippen LogP contribution in [-0.4, -0.2) is 73.6 Å². The van der Waals surface area contributed by atoms with Crippen molar-refractivity contribution in [2.45, 2.75) is 25.9 Å². The number of nitrogens with one attached hydrogen (secondary N) is 3. The van der Waals surface area contributed by atoms with E-state index in [0.29, 0.717) is 12.5 Å². The third kappa shape index (κ3) is 7.41. The highest BCUT2D eigenvalue weighted by Gasteiger charge is 2.14. The molecule has 2 heterocycles. The lowest BCUT2D eigenvalue weighted by Gasteiger charge is -2.19. The van der Waals surface area contributed by atoms with Crippen LogP contribution in [0.5, 0.6) is 5.75 Å². The van der Waals surface area contributed by atoms with Crippen molar-refractivity contribution < 1.29 is 9.53 Å². The van der Waals surface area contributed by atoms with Gasteiger partial charge in [0.05, 0.1) is 12.8 Å². The van der Waals surface area contributed by atoms with Crippen molar-refractivity contribution in [2.24, 2.45) is 0 Å². The molecule has 3 N–H and O–H groups in total. The number of likely N-dealkylation sites (tertiary alicyclic amines) is 1. The van der Waals surface area contributed by atoms with Crippen LogP contribution < -0.4 is 20.7 Å². The molecule has 196 valence electrons. The number of likely N-dealkylation sites (N-methyl/N-ethyl adjacent to an activating group) is 1. The third-order valence-electron chi connectivity index (χ3n) is 6.55. The predicted octanol–water partition coefficient (Wildman–Crippen LogP) is 3.71. The van der Waals surface area contributed by atoms with Gasteiger partial charge in [-0.1, -0.05) is 6.07 Å². The van der Waals surface area contributed by atoms with E-state index in [0.717, 1.165) is 73.1 Å². The smallest absolute Gasteiger partial charge is 0.227 e. The zero-order chi connectivity index (χ0) is 26.0. The first kappa shape index (κ1) is 26.4. The minimum absolute atomic E-state index is 0.536. The molecule has 0 unspecified atom stereocenters. The number of nitrogens with zero attached hydrogens (tertiary/aromatic N) is 4. The van der Waals surface area contributed by atoms with Crippen molar-refractivity contribution >= 4 is 23.7 Å². The average Bonchev–Trinajstić information content (AvgIpc) is 3.42. The van der Waals surface area contributed by atoms with Gasteiger partial charge in [0.1, 0.15) is 5.75 Å². The number of ether oxygens (including phenoxy) is 1. The van der Waals surface area contributed by atoms with Crippen molar-refractivity contribution in [3.05, 3.63) is 59.8 Å². The molecule has 1 fully saturated rings. The Morgan fingerprint density at radius 2 is 1.97 bits per heavy atom. The van der Waals surface area contributed by atoms with Gasteiger partial charge in [-0.05, 0) is 74.4 Å². The SMILES string of the molecule is CNc1ccc(-c2ccnc(Nc3cc(CN4CCCC4)cc(OC)c3)n2)cc1CN(C)CCNC=O. The van der Waals surface area contributed by atoms with Crippen LogP contribution in [0.25, 0.3) is 11.3 Å². The monoisotopic (exact) mass is 503 g/mol. The molecule has 37 heavy (non-hydrogen) atoms. The van der Waals surface area contributed by atoms with Crippen LogP contribution in [0.15, 0.2) is 48.7 Å². The van der Waals surface area contributed by atoms with Gasteiger partial charge in [-0.15, -0.1) is 0 Å². The molecule has 3 aromatic rings. The molecule has 4 rings (SSSR count). The van der Waals surface area contributed by atoms with Crippen LogP contribution in [0.3, 0.4) is 0 Å². The van der Waals surface area contributed by atoms with Crippen LogP contribution >= 0.6 is 0 Å². The predicted molar refractivity (Wildman–Crippen MR) is 148 cm³/mol. The standard InChI is InChI=1S/C28H37N7O2/c1-29-26-7-6-22(16-23(26)19-34(2)13-10-30-20-36)27-8-9-31-28(33-27)32-24-14-21(15-25(17-24)37-3)18-35-11-4-5-12-35/h6-9,14-17,20,29H,4-5,10-13,18-19H2,1-3H3,(H,30,36)(H,31,32,33). The summed E-state index contributed by atoms with van der Waals surface area (Å²) in [7, 11) is 5.65. The molecule has 9 nitrogen and oxygen atoms in total. The molecule has 2 aromatic carbocycles. The second kappa shape index (κ2) is 13.0. The lowest BCUT2D eigenvalue weighted by Crippen LogP contribution is -2.28. The molecule has 0 atom stereocenters. The van der Waals surface area contributed by atoms with Gasteiger partial charge in [0.15, 0.2) is 0 Å². The van der Waals surface area contributed by atoms with Crippen LogP contribution in [0, 0.1) is 0 Å². The van der Waals surface area contributed by atoms with Gasteiger partial charge in [0.25, 0.3) is 0 Å². The maximum Gasteiger partial charge on any atom is 0.227 e. The molecule has 1 amide bonds.